The third kappa shape index (κ3) is 5.20. The third-order valence-electron chi connectivity index (χ3n) is 7.09. The van der Waals surface area contributed by atoms with Crippen LogP contribution in [-0.4, -0.2) is 72.6 Å². The van der Waals surface area contributed by atoms with E-state index in [0.717, 1.165) is 25.7 Å². The second-order valence-electron chi connectivity index (χ2n) is 9.74. The summed E-state index contributed by atoms with van der Waals surface area (Å²) in [7, 11) is 0. The number of aliphatic hydroxyl groups is 2. The number of ether oxygens (including phenoxy) is 4. The van der Waals surface area contributed by atoms with Gasteiger partial charge >= 0.3 is 5.97 Å². The molecule has 3 aliphatic carbocycles. The fourth-order valence-corrected chi connectivity index (χ4v) is 5.12. The summed E-state index contributed by atoms with van der Waals surface area (Å²) in [5.41, 5.74) is 1.42. The molecule has 2 saturated carbocycles. The standard InChI is InChI=1S/C27H33NO8/c29-11-10-28-25(31)18-15-22(24-23(16-18)35-27(36-24,19-5-6-19)20-7-8-20)34-26(32)21-4-2-1-3-17(21)9-13-33-14-12-30/h1-4,9,13,16,19-20,22-24,29-30H,5-8,10-12,14-15H2,(H,28,31). The molecule has 3 atom stereocenters. The van der Waals surface area contributed by atoms with Crippen LogP contribution in [-0.2, 0) is 23.7 Å². The molecule has 3 fully saturated rings. The number of carbonyl (C=O) groups excluding carboxylic acids is 2. The lowest BCUT2D eigenvalue weighted by molar-refractivity contribution is -0.209. The lowest BCUT2D eigenvalue weighted by Gasteiger charge is -2.31. The summed E-state index contributed by atoms with van der Waals surface area (Å²) in [4.78, 5) is 26.1. The van der Waals surface area contributed by atoms with Crippen molar-refractivity contribution < 1.29 is 38.7 Å². The summed E-state index contributed by atoms with van der Waals surface area (Å²) in [6.45, 7) is 0.0220. The maximum atomic E-state index is 13.3. The molecule has 1 amide bonds. The zero-order chi connectivity index (χ0) is 25.1. The molecule has 1 saturated heterocycles. The van der Waals surface area contributed by atoms with Crippen molar-refractivity contribution in [1.29, 1.82) is 0 Å². The van der Waals surface area contributed by atoms with Crippen LogP contribution in [0.25, 0.3) is 6.08 Å². The van der Waals surface area contributed by atoms with E-state index in [9.17, 15) is 9.59 Å². The van der Waals surface area contributed by atoms with Crippen molar-refractivity contribution in [3.05, 3.63) is 53.3 Å². The Balaban J connectivity index is 1.37. The van der Waals surface area contributed by atoms with Gasteiger partial charge in [0, 0.05) is 30.4 Å². The largest absolute Gasteiger partial charge is 0.499 e. The number of hydrogen-bond acceptors (Lipinski definition) is 8. The van der Waals surface area contributed by atoms with Gasteiger partial charge in [0.1, 0.15) is 24.9 Å². The second kappa shape index (κ2) is 10.7. The van der Waals surface area contributed by atoms with E-state index in [1.54, 1.807) is 36.4 Å². The molecule has 36 heavy (non-hydrogen) atoms. The van der Waals surface area contributed by atoms with Crippen LogP contribution >= 0.6 is 0 Å². The summed E-state index contributed by atoms with van der Waals surface area (Å²) >= 11 is 0. The van der Waals surface area contributed by atoms with Gasteiger partial charge in [-0.3, -0.25) is 4.79 Å². The van der Waals surface area contributed by atoms with Gasteiger partial charge in [0.05, 0.1) is 25.0 Å². The van der Waals surface area contributed by atoms with Gasteiger partial charge in [0.25, 0.3) is 0 Å². The predicted octanol–water partition coefficient (Wildman–Crippen LogP) is 1.93. The molecule has 1 aromatic rings. The van der Waals surface area contributed by atoms with Crippen molar-refractivity contribution >= 4 is 18.0 Å². The Morgan fingerprint density at radius 1 is 1.08 bits per heavy atom. The number of nitrogens with one attached hydrogen (secondary N) is 1. The lowest BCUT2D eigenvalue weighted by atomic mass is 9.91. The molecule has 1 aromatic carbocycles. The first kappa shape index (κ1) is 25.0. The monoisotopic (exact) mass is 499 g/mol. The third-order valence-corrected chi connectivity index (χ3v) is 7.09. The summed E-state index contributed by atoms with van der Waals surface area (Å²) in [5.74, 6) is -0.851. The molecule has 1 aliphatic heterocycles. The first-order valence-electron chi connectivity index (χ1n) is 12.7. The zero-order valence-electron chi connectivity index (χ0n) is 20.1. The van der Waals surface area contributed by atoms with Gasteiger partial charge in [-0.05, 0) is 49.5 Å². The average molecular weight is 500 g/mol. The summed E-state index contributed by atoms with van der Waals surface area (Å²) in [6.07, 6.45) is 7.55. The smallest absolute Gasteiger partial charge is 0.339 e. The predicted molar refractivity (Wildman–Crippen MR) is 128 cm³/mol. The molecule has 0 spiro atoms. The number of esters is 1. The van der Waals surface area contributed by atoms with Crippen LogP contribution in [0.3, 0.4) is 0 Å². The molecule has 5 rings (SSSR count). The highest BCUT2D eigenvalue weighted by Gasteiger charge is 2.64. The van der Waals surface area contributed by atoms with E-state index in [-0.39, 0.29) is 38.7 Å². The van der Waals surface area contributed by atoms with E-state index in [4.69, 9.17) is 29.2 Å². The van der Waals surface area contributed by atoms with Gasteiger partial charge in [-0.1, -0.05) is 18.2 Å². The zero-order valence-corrected chi connectivity index (χ0v) is 20.1. The summed E-state index contributed by atoms with van der Waals surface area (Å²) in [5, 5.41) is 20.7. The van der Waals surface area contributed by atoms with Crippen LogP contribution in [0.4, 0.5) is 0 Å². The van der Waals surface area contributed by atoms with E-state index in [1.165, 1.54) is 6.26 Å². The minimum Gasteiger partial charge on any atom is -0.499 e. The van der Waals surface area contributed by atoms with Gasteiger partial charge in [0.15, 0.2) is 5.79 Å². The highest BCUT2D eigenvalue weighted by Crippen LogP contribution is 2.59. The molecule has 9 heteroatoms. The highest BCUT2D eigenvalue weighted by atomic mass is 16.8. The summed E-state index contributed by atoms with van der Waals surface area (Å²) < 4.78 is 24.3. The number of rotatable bonds is 11. The Kier molecular flexibility index (Phi) is 7.43. The Bertz CT molecular complexity index is 1020. The topological polar surface area (TPSA) is 124 Å². The van der Waals surface area contributed by atoms with Crippen LogP contribution in [0.1, 0.15) is 48.0 Å². The lowest BCUT2D eigenvalue weighted by Crippen LogP contribution is -2.44. The number of benzene rings is 1. The van der Waals surface area contributed by atoms with Crippen LogP contribution < -0.4 is 5.32 Å². The molecule has 0 aromatic heterocycles. The Labute approximate surface area is 210 Å². The quantitative estimate of drug-likeness (QED) is 0.240. The molecule has 1 heterocycles. The first-order chi connectivity index (χ1) is 17.6. The van der Waals surface area contributed by atoms with Crippen molar-refractivity contribution in [2.45, 2.75) is 56.2 Å². The number of hydrogen-bond donors (Lipinski definition) is 3. The fourth-order valence-electron chi connectivity index (χ4n) is 5.12. The van der Waals surface area contributed by atoms with Gasteiger partial charge in [-0.15, -0.1) is 0 Å². The minimum atomic E-state index is -0.704. The van der Waals surface area contributed by atoms with E-state index < -0.39 is 30.1 Å². The molecule has 194 valence electrons. The van der Waals surface area contributed by atoms with Crippen molar-refractivity contribution in [2.75, 3.05) is 26.4 Å². The molecule has 3 unspecified atom stereocenters. The van der Waals surface area contributed by atoms with E-state index in [1.807, 2.05) is 0 Å². The Morgan fingerprint density at radius 3 is 2.53 bits per heavy atom. The van der Waals surface area contributed by atoms with Gasteiger partial charge in [-0.25, -0.2) is 4.79 Å². The Hall–Kier alpha value is -2.72. The average Bonchev–Trinajstić information content (AvgIpc) is 3.82. The molecule has 4 aliphatic rings. The molecular weight excluding hydrogens is 466 g/mol. The Morgan fingerprint density at radius 2 is 1.83 bits per heavy atom. The van der Waals surface area contributed by atoms with Gasteiger partial charge in [-0.2, -0.15) is 0 Å². The first-order valence-corrected chi connectivity index (χ1v) is 12.7. The second-order valence-corrected chi connectivity index (χ2v) is 9.74. The SMILES string of the molecule is O=C(NCCO)C1=CC2OC(C3CC3)(C3CC3)OC2C(OC(=O)c2ccccc2C=COCCO)C1. The fraction of sp³-hybridized carbons (Fsp3) is 0.556. The number of fused-ring (bicyclic) bond motifs is 1. The molecule has 0 bridgehead atoms. The van der Waals surface area contributed by atoms with E-state index in [0.29, 0.717) is 28.5 Å². The van der Waals surface area contributed by atoms with Crippen molar-refractivity contribution in [3.8, 4) is 0 Å². The van der Waals surface area contributed by atoms with Crippen molar-refractivity contribution in [2.24, 2.45) is 11.8 Å². The molecule has 3 N–H and O–H groups in total. The highest BCUT2D eigenvalue weighted by molar-refractivity contribution is 5.95. The molecule has 9 nitrogen and oxygen atoms in total. The van der Waals surface area contributed by atoms with Crippen LogP contribution in [0.15, 0.2) is 42.2 Å². The molecule has 0 radical (unpaired) electrons. The van der Waals surface area contributed by atoms with E-state index in [2.05, 4.69) is 5.32 Å². The molecular formula is C27H33NO8. The number of aliphatic hydroxyl groups excluding tert-OH is 2. The maximum absolute atomic E-state index is 13.3. The summed E-state index contributed by atoms with van der Waals surface area (Å²) in [6, 6.07) is 7.00. The number of amides is 1. The van der Waals surface area contributed by atoms with Crippen LogP contribution in [0, 0.1) is 11.8 Å². The van der Waals surface area contributed by atoms with Gasteiger partial charge in [0.2, 0.25) is 5.91 Å². The van der Waals surface area contributed by atoms with Crippen molar-refractivity contribution in [3.63, 3.8) is 0 Å². The maximum Gasteiger partial charge on any atom is 0.339 e. The van der Waals surface area contributed by atoms with E-state index >= 15 is 0 Å². The van der Waals surface area contributed by atoms with Crippen LogP contribution in [0.5, 0.6) is 0 Å². The van der Waals surface area contributed by atoms with Gasteiger partial charge < -0.3 is 34.5 Å². The normalized spacial score (nSPS) is 26.8. The van der Waals surface area contributed by atoms with Crippen molar-refractivity contribution in [1.82, 2.24) is 5.32 Å². The number of carbonyl (C=O) groups is 2. The minimum absolute atomic E-state index is 0.106. The van der Waals surface area contributed by atoms with Crippen LogP contribution in [0.2, 0.25) is 0 Å².